The van der Waals surface area contributed by atoms with Crippen LogP contribution in [-0.4, -0.2) is 30.4 Å². The Hall–Kier alpha value is -3.35. The van der Waals surface area contributed by atoms with Crippen molar-refractivity contribution in [3.63, 3.8) is 0 Å². The molecule has 0 aliphatic heterocycles. The van der Waals surface area contributed by atoms with Crippen LogP contribution >= 0.6 is 0 Å². The minimum Gasteiger partial charge on any atom is -0.497 e. The van der Waals surface area contributed by atoms with E-state index in [1.54, 1.807) is 32.2 Å². The second-order valence-electron chi connectivity index (χ2n) is 6.30. The highest BCUT2D eigenvalue weighted by Gasteiger charge is 2.20. The largest absolute Gasteiger partial charge is 0.497 e. The second-order valence-corrected chi connectivity index (χ2v) is 6.30. The van der Waals surface area contributed by atoms with Crippen LogP contribution in [0, 0.1) is 6.92 Å². The Morgan fingerprint density at radius 2 is 1.82 bits per heavy atom. The lowest BCUT2D eigenvalue weighted by Gasteiger charge is -2.12. The number of methoxy groups -OCH3 is 2. The van der Waals surface area contributed by atoms with Crippen LogP contribution in [0.5, 0.6) is 11.5 Å². The Labute approximate surface area is 163 Å². The molecule has 0 saturated carbocycles. The van der Waals surface area contributed by atoms with E-state index in [-0.39, 0.29) is 12.3 Å². The van der Waals surface area contributed by atoms with Crippen molar-refractivity contribution in [3.8, 4) is 23.0 Å². The highest BCUT2D eigenvalue weighted by molar-refractivity contribution is 5.74. The number of ether oxygens (including phenoxy) is 3. The third kappa shape index (κ3) is 4.49. The molecule has 1 aromatic heterocycles. The summed E-state index contributed by atoms with van der Waals surface area (Å²) in [6.45, 7) is 3.69. The lowest BCUT2D eigenvalue weighted by Crippen LogP contribution is -2.12. The minimum absolute atomic E-state index is 0.0520. The lowest BCUT2D eigenvalue weighted by molar-refractivity contribution is -0.148. The first-order chi connectivity index (χ1) is 13.5. The van der Waals surface area contributed by atoms with E-state index >= 15 is 0 Å². The summed E-state index contributed by atoms with van der Waals surface area (Å²) in [6.07, 6.45) is -0.611. The van der Waals surface area contributed by atoms with Crippen LogP contribution in [0.3, 0.4) is 0 Å². The molecule has 1 atom stereocenters. The molecule has 1 heterocycles. The van der Waals surface area contributed by atoms with Gasteiger partial charge in [-0.25, -0.2) is 0 Å². The maximum Gasteiger partial charge on any atom is 0.311 e. The fraction of sp³-hybridized carbons (Fsp3) is 0.286. The summed E-state index contributed by atoms with van der Waals surface area (Å²) in [4.78, 5) is 12.3. The van der Waals surface area contributed by atoms with Gasteiger partial charge in [0.05, 0.1) is 20.6 Å². The van der Waals surface area contributed by atoms with E-state index in [1.165, 1.54) is 7.11 Å². The number of esters is 1. The topological polar surface area (TPSA) is 83.7 Å². The Balaban J connectivity index is 1.65. The Morgan fingerprint density at radius 3 is 2.50 bits per heavy atom. The van der Waals surface area contributed by atoms with Crippen molar-refractivity contribution < 1.29 is 23.4 Å². The molecular formula is C21H22N2O5. The van der Waals surface area contributed by atoms with Gasteiger partial charge in [0.15, 0.2) is 6.10 Å². The predicted molar refractivity (Wildman–Crippen MR) is 102 cm³/mol. The molecule has 0 bridgehead atoms. The Morgan fingerprint density at radius 1 is 1.07 bits per heavy atom. The number of carbonyl (C=O) groups excluding carboxylic acids is 1. The summed E-state index contributed by atoms with van der Waals surface area (Å²) in [6, 6.07) is 13.0. The first-order valence-electron chi connectivity index (χ1n) is 8.81. The number of carbonyl (C=O) groups is 1. The monoisotopic (exact) mass is 382 g/mol. The molecule has 0 amide bonds. The van der Waals surface area contributed by atoms with Crippen molar-refractivity contribution in [3.05, 3.63) is 59.5 Å². The Kier molecular flexibility index (Phi) is 5.93. The fourth-order valence-electron chi connectivity index (χ4n) is 2.65. The van der Waals surface area contributed by atoms with Gasteiger partial charge in [-0.3, -0.25) is 4.79 Å². The summed E-state index contributed by atoms with van der Waals surface area (Å²) in [5, 5.41) is 8.03. The summed E-state index contributed by atoms with van der Waals surface area (Å²) < 4.78 is 21.6. The summed E-state index contributed by atoms with van der Waals surface area (Å²) in [5.41, 5.74) is 2.65. The number of aromatic nitrogens is 2. The highest BCUT2D eigenvalue weighted by atomic mass is 16.6. The van der Waals surface area contributed by atoms with E-state index in [9.17, 15) is 4.79 Å². The maximum atomic E-state index is 12.3. The molecule has 0 spiro atoms. The quantitative estimate of drug-likeness (QED) is 0.573. The average molecular weight is 382 g/mol. The molecule has 7 heteroatoms. The second kappa shape index (κ2) is 8.56. The molecule has 0 fully saturated rings. The van der Waals surface area contributed by atoms with E-state index in [0.717, 1.165) is 11.1 Å². The van der Waals surface area contributed by atoms with Crippen molar-refractivity contribution in [2.75, 3.05) is 14.2 Å². The predicted octanol–water partition coefficient (Wildman–Crippen LogP) is 3.91. The standard InChI is InChI=1S/C21H22N2O5/c1-13-5-7-15(8-6-13)21-23-22-20(28-21)14(2)27-19(24)11-16-9-10-17(25-3)12-18(16)26-4/h5-10,12,14H,11H2,1-4H3. The zero-order valence-electron chi connectivity index (χ0n) is 16.3. The van der Waals surface area contributed by atoms with Crippen molar-refractivity contribution in [1.82, 2.24) is 10.2 Å². The summed E-state index contributed by atoms with van der Waals surface area (Å²) in [7, 11) is 3.11. The van der Waals surface area contributed by atoms with Gasteiger partial charge in [-0.15, -0.1) is 10.2 Å². The lowest BCUT2D eigenvalue weighted by atomic mass is 10.1. The summed E-state index contributed by atoms with van der Waals surface area (Å²) >= 11 is 0. The molecule has 3 rings (SSSR count). The molecule has 146 valence electrons. The number of rotatable bonds is 7. The van der Waals surface area contributed by atoms with Gasteiger partial charge in [-0.1, -0.05) is 23.8 Å². The van der Waals surface area contributed by atoms with E-state index in [4.69, 9.17) is 18.6 Å². The first-order valence-corrected chi connectivity index (χ1v) is 8.81. The van der Waals surface area contributed by atoms with Gasteiger partial charge in [0.2, 0.25) is 5.89 Å². The molecule has 0 saturated heterocycles. The molecule has 3 aromatic rings. The van der Waals surface area contributed by atoms with Gasteiger partial charge in [0.1, 0.15) is 11.5 Å². The van der Waals surface area contributed by atoms with Crippen LogP contribution in [0.1, 0.15) is 30.0 Å². The van der Waals surface area contributed by atoms with Gasteiger partial charge in [0.25, 0.3) is 5.89 Å². The van der Waals surface area contributed by atoms with Crippen LogP contribution in [0.4, 0.5) is 0 Å². The van der Waals surface area contributed by atoms with Gasteiger partial charge >= 0.3 is 5.97 Å². The van der Waals surface area contributed by atoms with Crippen LogP contribution < -0.4 is 9.47 Å². The number of nitrogens with zero attached hydrogens (tertiary/aromatic N) is 2. The maximum absolute atomic E-state index is 12.3. The molecule has 0 N–H and O–H groups in total. The Bertz CT molecular complexity index is 950. The molecule has 0 radical (unpaired) electrons. The van der Waals surface area contributed by atoms with Gasteiger partial charge < -0.3 is 18.6 Å². The number of hydrogen-bond donors (Lipinski definition) is 0. The third-order valence-corrected chi connectivity index (χ3v) is 4.22. The zero-order valence-corrected chi connectivity index (χ0v) is 16.3. The third-order valence-electron chi connectivity index (χ3n) is 4.22. The average Bonchev–Trinajstić information content (AvgIpc) is 3.19. The van der Waals surface area contributed by atoms with Crippen LogP contribution in [0.15, 0.2) is 46.9 Å². The molecule has 28 heavy (non-hydrogen) atoms. The zero-order chi connectivity index (χ0) is 20.1. The normalized spacial score (nSPS) is 11.7. The van der Waals surface area contributed by atoms with Gasteiger partial charge in [-0.05, 0) is 32.0 Å². The van der Waals surface area contributed by atoms with Gasteiger partial charge in [-0.2, -0.15) is 0 Å². The van der Waals surface area contributed by atoms with Crippen molar-refractivity contribution in [2.24, 2.45) is 0 Å². The van der Waals surface area contributed by atoms with E-state index in [0.29, 0.717) is 23.0 Å². The van der Waals surface area contributed by atoms with Crippen molar-refractivity contribution >= 4 is 5.97 Å². The summed E-state index contributed by atoms with van der Waals surface area (Å²) in [5.74, 6) is 1.41. The van der Waals surface area contributed by atoms with E-state index < -0.39 is 12.1 Å². The molecule has 0 aliphatic carbocycles. The van der Waals surface area contributed by atoms with Crippen LogP contribution in [0.2, 0.25) is 0 Å². The number of hydrogen-bond acceptors (Lipinski definition) is 7. The molecule has 1 unspecified atom stereocenters. The van der Waals surface area contributed by atoms with Crippen molar-refractivity contribution in [2.45, 2.75) is 26.4 Å². The fourth-order valence-corrected chi connectivity index (χ4v) is 2.65. The van der Waals surface area contributed by atoms with E-state index in [1.807, 2.05) is 31.2 Å². The van der Waals surface area contributed by atoms with Crippen LogP contribution in [-0.2, 0) is 16.0 Å². The minimum atomic E-state index is -0.663. The smallest absolute Gasteiger partial charge is 0.311 e. The first kappa shape index (κ1) is 19.4. The van der Waals surface area contributed by atoms with Crippen LogP contribution in [0.25, 0.3) is 11.5 Å². The molecule has 0 aliphatic rings. The van der Waals surface area contributed by atoms with E-state index in [2.05, 4.69) is 10.2 Å². The van der Waals surface area contributed by atoms with Crippen molar-refractivity contribution in [1.29, 1.82) is 0 Å². The molecular weight excluding hydrogens is 360 g/mol. The SMILES string of the molecule is COc1ccc(CC(=O)OC(C)c2nnc(-c3ccc(C)cc3)o2)c(OC)c1. The van der Waals surface area contributed by atoms with Gasteiger partial charge in [0, 0.05) is 17.2 Å². The molecule has 7 nitrogen and oxygen atoms in total. The molecule has 2 aromatic carbocycles. The number of benzene rings is 2. The highest BCUT2D eigenvalue weighted by Crippen LogP contribution is 2.27. The number of aryl methyl sites for hydroxylation is 1.